The first-order valence-corrected chi connectivity index (χ1v) is 6.86. The standard InChI is InChI=1S/C10H16F3NO2S/c1-7-8(17(7)16)5-3-2-4-6-14-9(15)10(11,12)13/h7-8H,2-6H2,1H3,(H,14,15)/t7-,8+,17?/m1/s1. The average molecular weight is 271 g/mol. The zero-order valence-electron chi connectivity index (χ0n) is 9.55. The number of hydrogen-bond acceptors (Lipinski definition) is 2. The molecule has 100 valence electrons. The summed E-state index contributed by atoms with van der Waals surface area (Å²) in [6, 6.07) is 0. The third kappa shape index (κ3) is 4.75. The molecule has 1 saturated heterocycles. The van der Waals surface area contributed by atoms with E-state index in [4.69, 9.17) is 0 Å². The molecular formula is C10H16F3NO2S. The summed E-state index contributed by atoms with van der Waals surface area (Å²) in [5, 5.41) is 2.38. The van der Waals surface area contributed by atoms with Gasteiger partial charge in [-0.15, -0.1) is 0 Å². The number of unbranched alkanes of at least 4 members (excludes halogenated alkanes) is 2. The molecule has 7 heteroatoms. The van der Waals surface area contributed by atoms with Gasteiger partial charge in [0.1, 0.15) is 0 Å². The number of amides is 1. The summed E-state index contributed by atoms with van der Waals surface area (Å²) in [7, 11) is 0. The summed E-state index contributed by atoms with van der Waals surface area (Å²) in [6.07, 6.45) is -1.81. The molecule has 17 heavy (non-hydrogen) atoms. The monoisotopic (exact) mass is 271 g/mol. The van der Waals surface area contributed by atoms with Crippen LogP contribution in [0.15, 0.2) is 0 Å². The highest BCUT2D eigenvalue weighted by Crippen LogP contribution is 2.35. The third-order valence-electron chi connectivity index (χ3n) is 2.82. The summed E-state index contributed by atoms with van der Waals surface area (Å²) in [5.74, 6) is -1.88. The van der Waals surface area contributed by atoms with Crippen LogP contribution in [-0.2, 0) is 16.0 Å². The maximum Gasteiger partial charge on any atom is 0.471 e. The van der Waals surface area contributed by atoms with Gasteiger partial charge in [-0.2, -0.15) is 13.2 Å². The van der Waals surface area contributed by atoms with Gasteiger partial charge in [0.2, 0.25) is 0 Å². The van der Waals surface area contributed by atoms with Gasteiger partial charge in [-0.25, -0.2) is 0 Å². The van der Waals surface area contributed by atoms with Crippen LogP contribution >= 0.6 is 0 Å². The Morgan fingerprint density at radius 2 is 1.94 bits per heavy atom. The first-order chi connectivity index (χ1) is 7.84. The Kier molecular flexibility index (Phi) is 5.12. The molecule has 1 aliphatic heterocycles. The Bertz CT molecular complexity index is 265. The molecule has 1 amide bonds. The second kappa shape index (κ2) is 5.95. The Morgan fingerprint density at radius 3 is 2.41 bits per heavy atom. The highest BCUT2D eigenvalue weighted by atomic mass is 32.2. The second-order valence-electron chi connectivity index (χ2n) is 4.18. The number of halogens is 3. The van der Waals surface area contributed by atoms with Crippen molar-refractivity contribution in [2.45, 2.75) is 49.3 Å². The lowest BCUT2D eigenvalue weighted by atomic mass is 10.1. The van der Waals surface area contributed by atoms with Gasteiger partial charge in [0.25, 0.3) is 0 Å². The van der Waals surface area contributed by atoms with Crippen LogP contribution in [0.5, 0.6) is 0 Å². The van der Waals surface area contributed by atoms with E-state index in [1.165, 1.54) is 0 Å². The summed E-state index contributed by atoms with van der Waals surface area (Å²) in [5.41, 5.74) is 0. The Morgan fingerprint density at radius 1 is 1.35 bits per heavy atom. The lowest BCUT2D eigenvalue weighted by Gasteiger charge is -2.07. The number of nitrogens with one attached hydrogen (secondary N) is 1. The van der Waals surface area contributed by atoms with Gasteiger partial charge < -0.3 is 9.87 Å². The number of carbonyl (C=O) groups excluding carboxylic acids is 1. The highest BCUT2D eigenvalue weighted by molar-refractivity contribution is 7.99. The molecule has 3 atom stereocenters. The van der Waals surface area contributed by atoms with Crippen molar-refractivity contribution in [3.63, 3.8) is 0 Å². The first-order valence-electron chi connectivity index (χ1n) is 5.58. The van der Waals surface area contributed by atoms with E-state index >= 15 is 0 Å². The van der Waals surface area contributed by atoms with Crippen molar-refractivity contribution in [1.29, 1.82) is 0 Å². The van der Waals surface area contributed by atoms with Gasteiger partial charge in [0.05, 0.1) is 0 Å². The fourth-order valence-corrected chi connectivity index (χ4v) is 3.02. The van der Waals surface area contributed by atoms with E-state index in [1.54, 1.807) is 0 Å². The van der Waals surface area contributed by atoms with Crippen molar-refractivity contribution in [3.05, 3.63) is 0 Å². The van der Waals surface area contributed by atoms with Crippen LogP contribution in [0.25, 0.3) is 0 Å². The van der Waals surface area contributed by atoms with Crippen molar-refractivity contribution < 1.29 is 22.5 Å². The summed E-state index contributed by atoms with van der Waals surface area (Å²) < 4.78 is 46.4. The maximum absolute atomic E-state index is 11.8. The number of hydrogen-bond donors (Lipinski definition) is 1. The second-order valence-corrected chi connectivity index (χ2v) is 6.18. The third-order valence-corrected chi connectivity index (χ3v) is 4.81. The first kappa shape index (κ1) is 14.6. The van der Waals surface area contributed by atoms with Crippen molar-refractivity contribution in [1.82, 2.24) is 5.32 Å². The van der Waals surface area contributed by atoms with E-state index in [9.17, 15) is 22.5 Å². The lowest BCUT2D eigenvalue weighted by molar-refractivity contribution is -0.173. The topological polar surface area (TPSA) is 52.2 Å². The van der Waals surface area contributed by atoms with Crippen LogP contribution in [0.4, 0.5) is 13.2 Å². The minimum absolute atomic E-state index is 0.0433. The molecule has 0 aromatic rings. The quantitative estimate of drug-likeness (QED) is 0.454. The molecule has 0 bridgehead atoms. The molecule has 1 aliphatic rings. The summed E-state index contributed by atoms with van der Waals surface area (Å²) in [6.45, 7) is 1.98. The highest BCUT2D eigenvalue weighted by Gasteiger charge is 2.51. The van der Waals surface area contributed by atoms with Crippen LogP contribution in [-0.4, -0.2) is 33.7 Å². The molecule has 0 spiro atoms. The summed E-state index contributed by atoms with van der Waals surface area (Å²) in [4.78, 5) is 10.4. The lowest BCUT2D eigenvalue weighted by Crippen LogP contribution is -2.37. The van der Waals surface area contributed by atoms with Crippen molar-refractivity contribution in [2.75, 3.05) is 6.54 Å². The van der Waals surface area contributed by atoms with E-state index in [1.807, 2.05) is 12.2 Å². The SMILES string of the molecule is C[C@@H]1[C@H](CCCCCNC(=O)C(F)(F)F)[S+]1[O-]. The van der Waals surface area contributed by atoms with Crippen LogP contribution in [0, 0.1) is 0 Å². The van der Waals surface area contributed by atoms with E-state index in [2.05, 4.69) is 0 Å². The maximum atomic E-state index is 11.8. The molecule has 3 nitrogen and oxygen atoms in total. The molecular weight excluding hydrogens is 255 g/mol. The van der Waals surface area contributed by atoms with Gasteiger partial charge in [-0.1, -0.05) is 6.42 Å². The zero-order chi connectivity index (χ0) is 13.1. The molecule has 0 saturated carbocycles. The predicted octanol–water partition coefficient (Wildman–Crippen LogP) is 1.74. The normalized spacial score (nSPS) is 27.9. The Balaban J connectivity index is 1.93. The molecule has 1 heterocycles. The minimum Gasteiger partial charge on any atom is -0.616 e. The molecule has 1 rings (SSSR count). The van der Waals surface area contributed by atoms with E-state index < -0.39 is 23.3 Å². The Hall–Kier alpha value is -0.430. The van der Waals surface area contributed by atoms with E-state index in [-0.39, 0.29) is 17.0 Å². The van der Waals surface area contributed by atoms with Gasteiger partial charge in [-0.05, 0) is 37.4 Å². The molecule has 0 aliphatic carbocycles. The van der Waals surface area contributed by atoms with Crippen LogP contribution in [0.2, 0.25) is 0 Å². The molecule has 0 radical (unpaired) electrons. The van der Waals surface area contributed by atoms with Gasteiger partial charge in [0, 0.05) is 6.54 Å². The molecule has 1 unspecified atom stereocenters. The predicted molar refractivity (Wildman–Crippen MR) is 58.9 cm³/mol. The van der Waals surface area contributed by atoms with Gasteiger partial charge in [-0.3, -0.25) is 4.79 Å². The zero-order valence-corrected chi connectivity index (χ0v) is 10.4. The van der Waals surface area contributed by atoms with E-state index in [0.717, 1.165) is 19.3 Å². The number of alkyl halides is 3. The van der Waals surface area contributed by atoms with E-state index in [0.29, 0.717) is 6.42 Å². The molecule has 1 N–H and O–H groups in total. The van der Waals surface area contributed by atoms with Crippen LogP contribution in [0.3, 0.4) is 0 Å². The van der Waals surface area contributed by atoms with Crippen molar-refractivity contribution in [3.8, 4) is 0 Å². The smallest absolute Gasteiger partial charge is 0.471 e. The van der Waals surface area contributed by atoms with Crippen molar-refractivity contribution in [2.24, 2.45) is 0 Å². The number of carbonyl (C=O) groups is 1. The minimum atomic E-state index is -4.79. The summed E-state index contributed by atoms with van der Waals surface area (Å²) >= 11 is -0.688. The molecule has 0 aromatic heterocycles. The van der Waals surface area contributed by atoms with Crippen LogP contribution < -0.4 is 5.32 Å². The average Bonchev–Trinajstić information content (AvgIpc) is 2.79. The fourth-order valence-electron chi connectivity index (χ4n) is 1.65. The van der Waals surface area contributed by atoms with Crippen LogP contribution in [0.1, 0.15) is 32.6 Å². The van der Waals surface area contributed by atoms with Crippen molar-refractivity contribution >= 4 is 17.1 Å². The van der Waals surface area contributed by atoms with Gasteiger partial charge >= 0.3 is 12.1 Å². The largest absolute Gasteiger partial charge is 0.616 e. The fraction of sp³-hybridized carbons (Fsp3) is 0.900. The molecule has 1 fully saturated rings. The Labute approximate surface area is 101 Å². The number of rotatable bonds is 6. The molecule has 0 aromatic carbocycles. The van der Waals surface area contributed by atoms with Gasteiger partial charge in [0.15, 0.2) is 10.5 Å².